The van der Waals surface area contributed by atoms with Crippen LogP contribution in [0.2, 0.25) is 0 Å². The Morgan fingerprint density at radius 1 is 1.03 bits per heavy atom. The van der Waals surface area contributed by atoms with E-state index >= 15 is 0 Å². The predicted octanol–water partition coefficient (Wildman–Crippen LogP) is 3.48. The van der Waals surface area contributed by atoms with Crippen LogP contribution >= 0.6 is 0 Å². The molecule has 2 atom stereocenters. The lowest BCUT2D eigenvalue weighted by molar-refractivity contribution is 0.0521. The second-order valence-electron chi connectivity index (χ2n) is 9.68. The monoisotopic (exact) mass is 543 g/mol. The summed E-state index contributed by atoms with van der Waals surface area (Å²) in [6, 6.07) is 12.6. The van der Waals surface area contributed by atoms with Gasteiger partial charge < -0.3 is 39.2 Å². The first kappa shape index (κ1) is 30.0. The summed E-state index contributed by atoms with van der Waals surface area (Å²) in [5.74, 6) is 1.63. The zero-order valence-electron chi connectivity index (χ0n) is 23.5. The summed E-state index contributed by atoms with van der Waals surface area (Å²) in [6.45, 7) is 6.91. The third-order valence-electron chi connectivity index (χ3n) is 6.58. The number of ether oxygens (including phenoxy) is 5. The molecule has 214 valence electrons. The molecule has 0 aromatic heterocycles. The Balaban J connectivity index is 1.62. The molecule has 39 heavy (non-hydrogen) atoms. The highest BCUT2D eigenvalue weighted by Gasteiger charge is 2.34. The van der Waals surface area contributed by atoms with E-state index < -0.39 is 6.09 Å². The Labute approximate surface area is 230 Å². The fourth-order valence-electron chi connectivity index (χ4n) is 4.42. The molecule has 3 rings (SSSR count). The van der Waals surface area contributed by atoms with E-state index in [4.69, 9.17) is 23.7 Å². The van der Waals surface area contributed by atoms with Gasteiger partial charge in [-0.25, -0.2) is 4.79 Å². The molecule has 2 N–H and O–H groups in total. The number of amides is 2. The minimum absolute atomic E-state index is 0.0538. The van der Waals surface area contributed by atoms with Crippen molar-refractivity contribution in [2.45, 2.75) is 39.0 Å². The fourth-order valence-corrected chi connectivity index (χ4v) is 4.42. The molecule has 0 radical (unpaired) electrons. The third kappa shape index (κ3) is 8.76. The Bertz CT molecular complexity index is 1080. The number of hydrogen-bond acceptors (Lipinski definition) is 8. The van der Waals surface area contributed by atoms with Crippen LogP contribution in [0.15, 0.2) is 42.5 Å². The Kier molecular flexibility index (Phi) is 11.7. The van der Waals surface area contributed by atoms with Gasteiger partial charge in [-0.3, -0.25) is 4.79 Å². The van der Waals surface area contributed by atoms with Crippen molar-refractivity contribution in [2.24, 2.45) is 5.92 Å². The first-order valence-electron chi connectivity index (χ1n) is 13.2. The molecule has 10 nitrogen and oxygen atoms in total. The third-order valence-corrected chi connectivity index (χ3v) is 6.58. The minimum atomic E-state index is -0.496. The Hall–Kier alpha value is -3.50. The number of benzene rings is 2. The lowest BCUT2D eigenvalue weighted by atomic mass is 10.0. The van der Waals surface area contributed by atoms with Crippen molar-refractivity contribution >= 4 is 12.0 Å². The zero-order valence-corrected chi connectivity index (χ0v) is 23.5. The number of carbonyl (C=O) groups excluding carboxylic acids is 2. The highest BCUT2D eigenvalue weighted by Crippen LogP contribution is 2.29. The molecule has 1 heterocycles. The van der Waals surface area contributed by atoms with Crippen molar-refractivity contribution in [1.29, 1.82) is 0 Å². The maximum Gasteiger partial charge on any atom is 0.407 e. The van der Waals surface area contributed by atoms with Gasteiger partial charge in [0.15, 0.2) is 11.5 Å². The molecule has 10 heteroatoms. The van der Waals surface area contributed by atoms with Gasteiger partial charge >= 0.3 is 6.09 Å². The SMILES string of the molecule is COCCCOc1cc(C(=O)N(C[C@@H]2CNC[C@H]2OC(=O)NCc2cccc(OC)c2)C(C)C)ccc1OC. The molecule has 0 unspecified atom stereocenters. The van der Waals surface area contributed by atoms with Gasteiger partial charge in [-0.15, -0.1) is 0 Å². The molecule has 1 fully saturated rings. The highest BCUT2D eigenvalue weighted by molar-refractivity contribution is 5.95. The van der Waals surface area contributed by atoms with E-state index in [0.29, 0.717) is 56.5 Å². The fraction of sp³-hybridized carbons (Fsp3) is 0.517. The summed E-state index contributed by atoms with van der Waals surface area (Å²) in [6.07, 6.45) is -0.136. The summed E-state index contributed by atoms with van der Waals surface area (Å²) in [7, 11) is 4.81. The van der Waals surface area contributed by atoms with Gasteiger partial charge in [0.1, 0.15) is 11.9 Å². The number of hydrogen-bond donors (Lipinski definition) is 2. The van der Waals surface area contributed by atoms with Crippen LogP contribution in [0, 0.1) is 5.92 Å². The summed E-state index contributed by atoms with van der Waals surface area (Å²) >= 11 is 0. The van der Waals surface area contributed by atoms with E-state index in [9.17, 15) is 9.59 Å². The van der Waals surface area contributed by atoms with Crippen LogP contribution in [0.1, 0.15) is 36.2 Å². The number of carbonyl (C=O) groups is 2. The summed E-state index contributed by atoms with van der Waals surface area (Å²) in [4.78, 5) is 28.0. The average Bonchev–Trinajstić information content (AvgIpc) is 3.38. The van der Waals surface area contributed by atoms with Crippen LogP contribution in [0.3, 0.4) is 0 Å². The number of alkyl carbamates (subject to hydrolysis) is 1. The van der Waals surface area contributed by atoms with E-state index in [1.165, 1.54) is 0 Å². The van der Waals surface area contributed by atoms with Crippen molar-refractivity contribution < 1.29 is 33.3 Å². The van der Waals surface area contributed by atoms with E-state index in [1.807, 2.05) is 38.1 Å². The van der Waals surface area contributed by atoms with Gasteiger partial charge in [0.05, 0.1) is 20.8 Å². The second kappa shape index (κ2) is 15.2. The second-order valence-corrected chi connectivity index (χ2v) is 9.68. The van der Waals surface area contributed by atoms with Gasteiger partial charge in [0.2, 0.25) is 0 Å². The first-order valence-corrected chi connectivity index (χ1v) is 13.2. The van der Waals surface area contributed by atoms with Crippen LogP contribution < -0.4 is 24.8 Å². The number of nitrogens with one attached hydrogen (secondary N) is 2. The maximum absolute atomic E-state index is 13.6. The molecule has 1 aliphatic heterocycles. The molecular weight excluding hydrogens is 502 g/mol. The Morgan fingerprint density at radius 2 is 1.85 bits per heavy atom. The van der Waals surface area contributed by atoms with E-state index in [-0.39, 0.29) is 24.0 Å². The molecule has 0 spiro atoms. The first-order chi connectivity index (χ1) is 18.9. The largest absolute Gasteiger partial charge is 0.497 e. The summed E-state index contributed by atoms with van der Waals surface area (Å²) in [5, 5.41) is 6.10. The van der Waals surface area contributed by atoms with Crippen molar-refractivity contribution in [1.82, 2.24) is 15.5 Å². The maximum atomic E-state index is 13.6. The molecule has 2 aromatic carbocycles. The molecule has 2 amide bonds. The molecule has 0 saturated carbocycles. The van der Waals surface area contributed by atoms with E-state index in [2.05, 4.69) is 10.6 Å². The van der Waals surface area contributed by atoms with Crippen LogP contribution in [-0.4, -0.2) is 83.2 Å². The normalized spacial score (nSPS) is 16.6. The van der Waals surface area contributed by atoms with Gasteiger partial charge in [-0.1, -0.05) is 12.1 Å². The van der Waals surface area contributed by atoms with Crippen LogP contribution in [0.25, 0.3) is 0 Å². The van der Waals surface area contributed by atoms with Crippen molar-refractivity contribution in [3.63, 3.8) is 0 Å². The smallest absolute Gasteiger partial charge is 0.407 e. The molecule has 0 bridgehead atoms. The summed E-state index contributed by atoms with van der Waals surface area (Å²) < 4.78 is 27.3. The molecular formula is C29H41N3O7. The number of nitrogens with zero attached hydrogens (tertiary/aromatic N) is 1. The quantitative estimate of drug-likeness (QED) is 0.349. The molecule has 1 saturated heterocycles. The van der Waals surface area contributed by atoms with Gasteiger partial charge in [0.25, 0.3) is 5.91 Å². The average molecular weight is 544 g/mol. The zero-order chi connectivity index (χ0) is 28.2. The van der Waals surface area contributed by atoms with Crippen LogP contribution in [0.4, 0.5) is 4.79 Å². The summed E-state index contributed by atoms with van der Waals surface area (Å²) in [5.41, 5.74) is 1.41. The minimum Gasteiger partial charge on any atom is -0.497 e. The predicted molar refractivity (Wildman–Crippen MR) is 148 cm³/mol. The van der Waals surface area contributed by atoms with Crippen LogP contribution in [-0.2, 0) is 16.0 Å². The van der Waals surface area contributed by atoms with Gasteiger partial charge in [-0.2, -0.15) is 0 Å². The highest BCUT2D eigenvalue weighted by atomic mass is 16.6. The topological polar surface area (TPSA) is 108 Å². The standard InChI is InChI=1S/C29H41N3O7/c1-20(2)32(28(33)22-10-11-25(37-5)26(15-22)38-13-7-12-35-3)19-23-17-30-18-27(23)39-29(34)31-16-21-8-6-9-24(14-21)36-4/h6,8-11,14-15,20,23,27,30H,7,12-13,16-19H2,1-5H3,(H,31,34)/t23-,27+/m0/s1. The lowest BCUT2D eigenvalue weighted by Gasteiger charge is -2.31. The van der Waals surface area contributed by atoms with Crippen molar-refractivity contribution in [2.75, 3.05) is 54.2 Å². The van der Waals surface area contributed by atoms with Crippen LogP contribution in [0.5, 0.6) is 17.2 Å². The van der Waals surface area contributed by atoms with E-state index in [1.54, 1.807) is 44.4 Å². The molecule has 2 aromatic rings. The van der Waals surface area contributed by atoms with E-state index in [0.717, 1.165) is 17.7 Å². The molecule has 0 aliphatic carbocycles. The van der Waals surface area contributed by atoms with Crippen molar-refractivity contribution in [3.8, 4) is 17.2 Å². The Morgan fingerprint density at radius 3 is 2.56 bits per heavy atom. The van der Waals surface area contributed by atoms with Gasteiger partial charge in [-0.05, 0) is 49.7 Å². The van der Waals surface area contributed by atoms with Crippen molar-refractivity contribution in [3.05, 3.63) is 53.6 Å². The van der Waals surface area contributed by atoms with Gasteiger partial charge in [0, 0.05) is 63.8 Å². The lowest BCUT2D eigenvalue weighted by Crippen LogP contribution is -2.44. The number of rotatable bonds is 14. The number of methoxy groups -OCH3 is 3. The molecule has 1 aliphatic rings.